The Balaban J connectivity index is 1.40. The smallest absolute Gasteiger partial charge is 0.219 e. The normalized spacial score (nSPS) is 30.9. The fraction of sp³-hybridized carbons (Fsp3) is 0.714. The lowest BCUT2D eigenvalue weighted by Gasteiger charge is -2.50. The molecule has 32 heavy (non-hydrogen) atoms. The second-order valence-corrected chi connectivity index (χ2v) is 10.7. The van der Waals surface area contributed by atoms with E-state index in [-0.39, 0.29) is 11.3 Å². The molecular weight excluding hydrogens is 398 g/mol. The van der Waals surface area contributed by atoms with Crippen molar-refractivity contribution in [2.45, 2.75) is 90.4 Å². The van der Waals surface area contributed by atoms with Gasteiger partial charge in [0.1, 0.15) is 11.5 Å². The van der Waals surface area contributed by atoms with Crippen molar-refractivity contribution in [2.24, 2.45) is 23.2 Å². The van der Waals surface area contributed by atoms with Crippen LogP contribution in [0.1, 0.15) is 95.1 Å². The van der Waals surface area contributed by atoms with Gasteiger partial charge >= 0.3 is 0 Å². The average molecular weight is 440 g/mol. The first-order chi connectivity index (χ1) is 15.5. The average Bonchev–Trinajstić information content (AvgIpc) is 3.06. The number of aryl methyl sites for hydroxylation is 1. The first kappa shape index (κ1) is 23.3. The Morgan fingerprint density at radius 3 is 2.84 bits per heavy atom. The zero-order valence-electron chi connectivity index (χ0n) is 20.3. The van der Waals surface area contributed by atoms with Crippen LogP contribution in [0, 0.1) is 23.2 Å². The van der Waals surface area contributed by atoms with Crippen LogP contribution in [0.15, 0.2) is 18.2 Å². The van der Waals surface area contributed by atoms with Crippen LogP contribution in [0.2, 0.25) is 0 Å². The summed E-state index contributed by atoms with van der Waals surface area (Å²) >= 11 is 0. The molecule has 2 fully saturated rings. The summed E-state index contributed by atoms with van der Waals surface area (Å²) in [7, 11) is 1.74. The minimum absolute atomic E-state index is 0.132. The monoisotopic (exact) mass is 439 g/mol. The molecule has 0 unspecified atom stereocenters. The van der Waals surface area contributed by atoms with E-state index in [1.807, 2.05) is 0 Å². The summed E-state index contributed by atoms with van der Waals surface area (Å²) in [5.41, 5.74) is 2.82. The number of benzene rings is 1. The van der Waals surface area contributed by atoms with Gasteiger partial charge in [0.2, 0.25) is 5.91 Å². The molecule has 0 heterocycles. The molecule has 3 aliphatic rings. The first-order valence-corrected chi connectivity index (χ1v) is 12.9. The zero-order valence-corrected chi connectivity index (χ0v) is 20.3. The lowest BCUT2D eigenvalue weighted by atomic mass is 9.54. The molecule has 0 aliphatic heterocycles. The standard InChI is InChI=1S/C28H41NO3/c1-4-5-16-29-26(31)9-7-6-8-20-18-25(30)28(2)15-14-23-22-13-11-21(32-3)17-19(22)10-12-24(23)27(20)28/h11,13,17,20,23-24,27H,4-10,12,14-16,18H2,1-3H3,(H,29,31)/t20-,23-,24-,27+,28-/m1/s1. The van der Waals surface area contributed by atoms with E-state index >= 15 is 0 Å². The highest BCUT2D eigenvalue weighted by molar-refractivity contribution is 5.87. The number of nitrogens with one attached hydrogen (secondary N) is 1. The highest BCUT2D eigenvalue weighted by atomic mass is 16.5. The summed E-state index contributed by atoms with van der Waals surface area (Å²) in [5, 5.41) is 3.02. The van der Waals surface area contributed by atoms with Gasteiger partial charge in [0, 0.05) is 24.8 Å². The van der Waals surface area contributed by atoms with Gasteiger partial charge in [0.15, 0.2) is 0 Å². The number of carbonyl (C=O) groups excluding carboxylic acids is 2. The van der Waals surface area contributed by atoms with Crippen LogP contribution >= 0.6 is 0 Å². The van der Waals surface area contributed by atoms with Gasteiger partial charge in [-0.1, -0.05) is 32.8 Å². The van der Waals surface area contributed by atoms with Crippen molar-refractivity contribution in [3.8, 4) is 5.75 Å². The van der Waals surface area contributed by atoms with E-state index in [2.05, 4.69) is 37.4 Å². The summed E-state index contributed by atoms with van der Waals surface area (Å²) in [6, 6.07) is 6.62. The zero-order chi connectivity index (χ0) is 22.7. The maximum atomic E-state index is 13.2. The number of amides is 1. The number of hydrogen-bond acceptors (Lipinski definition) is 3. The van der Waals surface area contributed by atoms with Crippen LogP contribution in [-0.2, 0) is 16.0 Å². The molecule has 2 saturated carbocycles. The molecule has 0 spiro atoms. The Labute approximate surface area is 193 Å². The van der Waals surface area contributed by atoms with E-state index in [1.165, 1.54) is 17.5 Å². The number of fused-ring (bicyclic) bond motifs is 5. The molecule has 4 heteroatoms. The molecular formula is C28H41NO3. The quantitative estimate of drug-likeness (QED) is 0.493. The van der Waals surface area contributed by atoms with Gasteiger partial charge in [-0.15, -0.1) is 0 Å². The number of carbonyl (C=O) groups is 2. The van der Waals surface area contributed by atoms with E-state index in [0.717, 1.165) is 70.1 Å². The van der Waals surface area contributed by atoms with Crippen molar-refractivity contribution < 1.29 is 14.3 Å². The fourth-order valence-corrected chi connectivity index (χ4v) is 7.20. The highest BCUT2D eigenvalue weighted by Crippen LogP contribution is 2.62. The molecule has 1 aromatic rings. The minimum Gasteiger partial charge on any atom is -0.497 e. The Morgan fingerprint density at radius 1 is 1.22 bits per heavy atom. The number of rotatable bonds is 9. The lowest BCUT2D eigenvalue weighted by Crippen LogP contribution is -2.44. The van der Waals surface area contributed by atoms with Crippen LogP contribution in [0.3, 0.4) is 0 Å². The van der Waals surface area contributed by atoms with Crippen molar-refractivity contribution in [2.75, 3.05) is 13.7 Å². The number of unbranched alkanes of at least 4 members (excludes halogenated alkanes) is 2. The number of hydrogen-bond donors (Lipinski definition) is 1. The molecule has 3 aliphatic carbocycles. The molecule has 176 valence electrons. The SMILES string of the molecule is CCCCNC(=O)CCCC[C@@H]1CC(=O)[C@@]2(C)CC[C@@H]3c4ccc(OC)cc4CC[C@H]3[C@H]12. The Morgan fingerprint density at radius 2 is 2.06 bits per heavy atom. The highest BCUT2D eigenvalue weighted by Gasteiger charge is 2.58. The maximum Gasteiger partial charge on any atom is 0.219 e. The number of methoxy groups -OCH3 is 1. The summed E-state index contributed by atoms with van der Waals surface area (Å²) in [6.45, 7) is 5.20. The van der Waals surface area contributed by atoms with Crippen molar-refractivity contribution in [1.82, 2.24) is 5.32 Å². The molecule has 4 nitrogen and oxygen atoms in total. The number of ketones is 1. The van der Waals surface area contributed by atoms with Crippen molar-refractivity contribution in [3.05, 3.63) is 29.3 Å². The Kier molecular flexibility index (Phi) is 7.27. The summed E-state index contributed by atoms with van der Waals surface area (Å²) in [4.78, 5) is 25.2. The van der Waals surface area contributed by atoms with Gasteiger partial charge in [-0.05, 0) is 91.9 Å². The second kappa shape index (κ2) is 9.97. The largest absolute Gasteiger partial charge is 0.497 e. The van der Waals surface area contributed by atoms with Crippen molar-refractivity contribution in [3.63, 3.8) is 0 Å². The molecule has 0 radical (unpaired) electrons. The van der Waals surface area contributed by atoms with Crippen molar-refractivity contribution in [1.29, 1.82) is 0 Å². The predicted molar refractivity (Wildman–Crippen MR) is 128 cm³/mol. The van der Waals surface area contributed by atoms with E-state index < -0.39 is 0 Å². The van der Waals surface area contributed by atoms with Gasteiger partial charge in [0.05, 0.1) is 7.11 Å². The third-order valence-electron chi connectivity index (χ3n) is 8.86. The predicted octanol–water partition coefficient (Wildman–Crippen LogP) is 5.82. The van der Waals surface area contributed by atoms with E-state index in [9.17, 15) is 9.59 Å². The topological polar surface area (TPSA) is 55.4 Å². The van der Waals surface area contributed by atoms with Gasteiger partial charge in [0.25, 0.3) is 0 Å². The molecule has 5 atom stereocenters. The van der Waals surface area contributed by atoms with Crippen LogP contribution in [0.4, 0.5) is 0 Å². The second-order valence-electron chi connectivity index (χ2n) is 10.7. The lowest BCUT2D eigenvalue weighted by molar-refractivity contribution is -0.129. The van der Waals surface area contributed by atoms with Crippen molar-refractivity contribution >= 4 is 11.7 Å². The molecule has 4 rings (SSSR count). The molecule has 0 saturated heterocycles. The van der Waals surface area contributed by atoms with Gasteiger partial charge in [-0.2, -0.15) is 0 Å². The molecule has 0 aromatic heterocycles. The summed E-state index contributed by atoms with van der Waals surface area (Å²) in [6.07, 6.45) is 11.1. The van der Waals surface area contributed by atoms with Crippen LogP contribution < -0.4 is 10.1 Å². The van der Waals surface area contributed by atoms with Gasteiger partial charge in [-0.3, -0.25) is 9.59 Å². The van der Waals surface area contributed by atoms with Gasteiger partial charge in [-0.25, -0.2) is 0 Å². The van der Waals surface area contributed by atoms with E-state index in [1.54, 1.807) is 7.11 Å². The van der Waals surface area contributed by atoms with Crippen LogP contribution in [-0.4, -0.2) is 25.3 Å². The molecule has 1 amide bonds. The summed E-state index contributed by atoms with van der Waals surface area (Å²) < 4.78 is 5.46. The summed E-state index contributed by atoms with van der Waals surface area (Å²) in [5.74, 6) is 3.83. The Bertz CT molecular complexity index is 834. The third-order valence-corrected chi connectivity index (χ3v) is 8.86. The Hall–Kier alpha value is -1.84. The van der Waals surface area contributed by atoms with E-state index in [0.29, 0.717) is 35.9 Å². The number of ether oxygens (including phenoxy) is 1. The third kappa shape index (κ3) is 4.47. The first-order valence-electron chi connectivity index (χ1n) is 12.9. The maximum absolute atomic E-state index is 13.2. The van der Waals surface area contributed by atoms with Crippen LogP contribution in [0.5, 0.6) is 5.75 Å². The molecule has 0 bridgehead atoms. The fourth-order valence-electron chi connectivity index (χ4n) is 7.20. The van der Waals surface area contributed by atoms with Gasteiger partial charge < -0.3 is 10.1 Å². The van der Waals surface area contributed by atoms with Crippen LogP contribution in [0.25, 0.3) is 0 Å². The minimum atomic E-state index is -0.132. The number of Topliss-reactive ketones (excluding diaryl/α,β-unsaturated/α-hetero) is 1. The molecule has 1 aromatic carbocycles. The van der Waals surface area contributed by atoms with E-state index in [4.69, 9.17) is 4.74 Å². The molecule has 1 N–H and O–H groups in total.